The first kappa shape index (κ1) is 17.4. The van der Waals surface area contributed by atoms with Gasteiger partial charge in [0, 0.05) is 18.6 Å². The second kappa shape index (κ2) is 11.4. The first-order valence-corrected chi connectivity index (χ1v) is 6.72. The SMILES string of the molecule is CCCCCCCCCC(=O)OC(=O)/C=C\C(=O)O. The number of carboxylic acid groups (broad SMARTS) is 1. The third-order valence-corrected chi connectivity index (χ3v) is 2.56. The molecule has 0 unspecified atom stereocenters. The number of aliphatic carboxylic acids is 1. The van der Waals surface area contributed by atoms with Crippen LogP contribution in [0.1, 0.15) is 58.3 Å². The second-order valence-electron chi connectivity index (χ2n) is 4.34. The predicted molar refractivity (Wildman–Crippen MR) is 70.5 cm³/mol. The predicted octanol–water partition coefficient (Wildman–Crippen LogP) is 2.84. The van der Waals surface area contributed by atoms with Crippen LogP contribution >= 0.6 is 0 Å². The molecule has 0 saturated heterocycles. The van der Waals surface area contributed by atoms with E-state index in [-0.39, 0.29) is 6.42 Å². The van der Waals surface area contributed by atoms with Crippen molar-refractivity contribution < 1.29 is 24.2 Å². The van der Waals surface area contributed by atoms with Gasteiger partial charge in [-0.25, -0.2) is 9.59 Å². The minimum Gasteiger partial charge on any atom is -0.478 e. The molecule has 0 saturated carbocycles. The monoisotopic (exact) mass is 270 g/mol. The van der Waals surface area contributed by atoms with E-state index in [1.807, 2.05) is 0 Å². The van der Waals surface area contributed by atoms with Gasteiger partial charge in [-0.2, -0.15) is 0 Å². The Balaban J connectivity index is 3.54. The van der Waals surface area contributed by atoms with Crippen LogP contribution in [0.2, 0.25) is 0 Å². The Kier molecular flexibility index (Phi) is 10.4. The second-order valence-corrected chi connectivity index (χ2v) is 4.34. The van der Waals surface area contributed by atoms with Gasteiger partial charge in [0.2, 0.25) is 0 Å². The van der Waals surface area contributed by atoms with E-state index in [1.165, 1.54) is 25.7 Å². The number of rotatable bonds is 10. The molecule has 0 aromatic carbocycles. The molecule has 1 N–H and O–H groups in total. The maximum atomic E-state index is 11.2. The minimum atomic E-state index is -1.25. The molecule has 0 aliphatic rings. The van der Waals surface area contributed by atoms with Gasteiger partial charge < -0.3 is 9.84 Å². The molecule has 0 fully saturated rings. The number of carbonyl (C=O) groups is 3. The first-order valence-electron chi connectivity index (χ1n) is 6.72. The molecule has 0 radical (unpaired) electrons. The van der Waals surface area contributed by atoms with Crippen LogP contribution in [0.4, 0.5) is 0 Å². The summed E-state index contributed by atoms with van der Waals surface area (Å²) in [6.07, 6.45) is 9.13. The van der Waals surface area contributed by atoms with Crippen molar-refractivity contribution in [2.24, 2.45) is 0 Å². The largest absolute Gasteiger partial charge is 0.478 e. The van der Waals surface area contributed by atoms with Crippen LogP contribution in [-0.4, -0.2) is 23.0 Å². The van der Waals surface area contributed by atoms with Gasteiger partial charge in [0.15, 0.2) is 0 Å². The van der Waals surface area contributed by atoms with Gasteiger partial charge >= 0.3 is 17.9 Å². The molecule has 0 heterocycles. The van der Waals surface area contributed by atoms with Crippen LogP contribution in [0.5, 0.6) is 0 Å². The molecule has 0 amide bonds. The van der Waals surface area contributed by atoms with Crippen molar-refractivity contribution in [1.29, 1.82) is 0 Å². The highest BCUT2D eigenvalue weighted by Crippen LogP contribution is 2.08. The van der Waals surface area contributed by atoms with Crippen molar-refractivity contribution in [2.75, 3.05) is 0 Å². The Morgan fingerprint density at radius 1 is 0.947 bits per heavy atom. The molecule has 0 aromatic rings. The molecule has 5 heteroatoms. The zero-order valence-electron chi connectivity index (χ0n) is 11.4. The highest BCUT2D eigenvalue weighted by atomic mass is 16.6. The Bertz CT molecular complexity index is 320. The van der Waals surface area contributed by atoms with Gasteiger partial charge in [-0.15, -0.1) is 0 Å². The standard InChI is InChI=1S/C14H22O5/c1-2-3-4-5-6-7-8-9-13(17)19-14(18)11-10-12(15)16/h10-11H,2-9H2,1H3,(H,15,16)/b11-10-. The van der Waals surface area contributed by atoms with E-state index in [0.717, 1.165) is 18.9 Å². The number of esters is 2. The van der Waals surface area contributed by atoms with Gasteiger partial charge in [0.1, 0.15) is 0 Å². The summed E-state index contributed by atoms with van der Waals surface area (Å²) >= 11 is 0. The maximum Gasteiger partial charge on any atom is 0.338 e. The smallest absolute Gasteiger partial charge is 0.338 e. The summed E-state index contributed by atoms with van der Waals surface area (Å²) in [5.41, 5.74) is 0. The molecule has 0 aromatic heterocycles. The lowest BCUT2D eigenvalue weighted by molar-refractivity contribution is -0.156. The normalized spacial score (nSPS) is 10.6. The lowest BCUT2D eigenvalue weighted by atomic mass is 10.1. The molecule has 0 atom stereocenters. The fourth-order valence-electron chi connectivity index (χ4n) is 1.56. The molecule has 19 heavy (non-hydrogen) atoms. The first-order chi connectivity index (χ1) is 9.06. The summed E-state index contributed by atoms with van der Waals surface area (Å²) in [5, 5.41) is 8.28. The van der Waals surface area contributed by atoms with Crippen LogP contribution < -0.4 is 0 Å². The summed E-state index contributed by atoms with van der Waals surface area (Å²) < 4.78 is 4.42. The van der Waals surface area contributed by atoms with Crippen molar-refractivity contribution in [2.45, 2.75) is 58.3 Å². The molecule has 0 rings (SSSR count). The van der Waals surface area contributed by atoms with Crippen LogP contribution in [-0.2, 0) is 19.1 Å². The van der Waals surface area contributed by atoms with Gasteiger partial charge in [-0.3, -0.25) is 4.79 Å². The molecule has 0 aliphatic heterocycles. The molecule has 0 spiro atoms. The lowest BCUT2D eigenvalue weighted by Crippen LogP contribution is -2.10. The maximum absolute atomic E-state index is 11.2. The lowest BCUT2D eigenvalue weighted by Gasteiger charge is -2.01. The average molecular weight is 270 g/mol. The molecule has 0 bridgehead atoms. The molecular formula is C14H22O5. The minimum absolute atomic E-state index is 0.195. The van der Waals surface area contributed by atoms with Crippen LogP contribution in [0.25, 0.3) is 0 Å². The summed E-state index contributed by atoms with van der Waals surface area (Å²) in [6.45, 7) is 2.16. The Morgan fingerprint density at radius 2 is 1.53 bits per heavy atom. The van der Waals surface area contributed by atoms with E-state index in [2.05, 4.69) is 11.7 Å². The summed E-state index contributed by atoms with van der Waals surface area (Å²) in [5.74, 6) is -2.79. The highest BCUT2D eigenvalue weighted by Gasteiger charge is 2.07. The van der Waals surface area contributed by atoms with Crippen LogP contribution in [0.15, 0.2) is 12.2 Å². The topological polar surface area (TPSA) is 80.7 Å². The summed E-state index contributed by atoms with van der Waals surface area (Å²) in [6, 6.07) is 0. The quantitative estimate of drug-likeness (QED) is 0.286. The van der Waals surface area contributed by atoms with E-state index in [4.69, 9.17) is 5.11 Å². The van der Waals surface area contributed by atoms with Crippen molar-refractivity contribution >= 4 is 17.9 Å². The fourth-order valence-corrected chi connectivity index (χ4v) is 1.56. The van der Waals surface area contributed by atoms with E-state index >= 15 is 0 Å². The van der Waals surface area contributed by atoms with Crippen LogP contribution in [0, 0.1) is 0 Å². The zero-order valence-corrected chi connectivity index (χ0v) is 11.4. The van der Waals surface area contributed by atoms with E-state index < -0.39 is 17.9 Å². The molecular weight excluding hydrogens is 248 g/mol. The number of carbonyl (C=O) groups excluding carboxylic acids is 2. The summed E-state index contributed by atoms with van der Waals surface area (Å²) in [7, 11) is 0. The van der Waals surface area contributed by atoms with Crippen molar-refractivity contribution in [3.05, 3.63) is 12.2 Å². The van der Waals surface area contributed by atoms with Crippen molar-refractivity contribution in [3.8, 4) is 0 Å². The van der Waals surface area contributed by atoms with E-state index in [9.17, 15) is 14.4 Å². The van der Waals surface area contributed by atoms with Crippen molar-refractivity contribution in [3.63, 3.8) is 0 Å². The third-order valence-electron chi connectivity index (χ3n) is 2.56. The van der Waals surface area contributed by atoms with Gasteiger partial charge in [0.25, 0.3) is 0 Å². The number of unbranched alkanes of at least 4 members (excludes halogenated alkanes) is 6. The Labute approximate surface area is 113 Å². The molecule has 108 valence electrons. The van der Waals surface area contributed by atoms with E-state index in [0.29, 0.717) is 12.5 Å². The Hall–Kier alpha value is -1.65. The highest BCUT2D eigenvalue weighted by molar-refractivity contribution is 5.95. The van der Waals surface area contributed by atoms with Gasteiger partial charge in [-0.1, -0.05) is 45.4 Å². The average Bonchev–Trinajstić information content (AvgIpc) is 2.35. The number of hydrogen-bond donors (Lipinski definition) is 1. The number of carboxylic acids is 1. The van der Waals surface area contributed by atoms with Crippen LogP contribution in [0.3, 0.4) is 0 Å². The van der Waals surface area contributed by atoms with Gasteiger partial charge in [-0.05, 0) is 6.42 Å². The Morgan fingerprint density at radius 3 is 2.11 bits per heavy atom. The van der Waals surface area contributed by atoms with Crippen molar-refractivity contribution in [1.82, 2.24) is 0 Å². The van der Waals surface area contributed by atoms with E-state index in [1.54, 1.807) is 0 Å². The molecule has 5 nitrogen and oxygen atoms in total. The number of ether oxygens (including phenoxy) is 1. The third kappa shape index (κ3) is 12.6. The number of hydrogen-bond acceptors (Lipinski definition) is 4. The summed E-state index contributed by atoms with van der Waals surface area (Å²) in [4.78, 5) is 32.3. The molecule has 0 aliphatic carbocycles. The van der Waals surface area contributed by atoms with Gasteiger partial charge in [0.05, 0.1) is 0 Å². The fraction of sp³-hybridized carbons (Fsp3) is 0.643. The zero-order chi connectivity index (χ0) is 14.5.